The van der Waals surface area contributed by atoms with E-state index in [0.717, 1.165) is 11.6 Å². The van der Waals surface area contributed by atoms with Crippen molar-refractivity contribution in [2.45, 2.75) is 31.3 Å². The molecule has 3 rings (SSSR count). The van der Waals surface area contributed by atoms with Crippen molar-refractivity contribution in [1.82, 2.24) is 0 Å². The Labute approximate surface area is 162 Å². The highest BCUT2D eigenvalue weighted by molar-refractivity contribution is 7.92. The van der Waals surface area contributed by atoms with E-state index in [9.17, 15) is 18.5 Å². The number of nitrogens with one attached hydrogen (secondary N) is 1. The van der Waals surface area contributed by atoms with E-state index in [2.05, 4.69) is 4.72 Å². The molecule has 0 aromatic heterocycles. The van der Waals surface area contributed by atoms with Crippen molar-refractivity contribution >= 4 is 21.4 Å². The van der Waals surface area contributed by atoms with Crippen LogP contribution in [0.5, 0.6) is 17.2 Å². The van der Waals surface area contributed by atoms with Gasteiger partial charge in [-0.1, -0.05) is 0 Å². The Balaban J connectivity index is 2.00. The maximum Gasteiger partial charge on any atom is 0.312 e. The van der Waals surface area contributed by atoms with E-state index in [0.29, 0.717) is 24.5 Å². The summed E-state index contributed by atoms with van der Waals surface area (Å²) >= 11 is 0. The summed E-state index contributed by atoms with van der Waals surface area (Å²) in [6, 6.07) is 6.74. The molecule has 0 unspecified atom stereocenters. The average Bonchev–Trinajstić information content (AvgIpc) is 3.00. The first-order valence-corrected chi connectivity index (χ1v) is 10.0. The Bertz CT molecular complexity index is 1020. The molecule has 150 valence electrons. The maximum absolute atomic E-state index is 12.8. The van der Waals surface area contributed by atoms with E-state index >= 15 is 0 Å². The van der Waals surface area contributed by atoms with E-state index in [1.807, 2.05) is 6.92 Å². The van der Waals surface area contributed by atoms with E-state index in [1.165, 1.54) is 19.2 Å². The van der Waals surface area contributed by atoms with Gasteiger partial charge in [-0.3, -0.25) is 14.8 Å². The molecule has 0 aliphatic carbocycles. The Kier molecular flexibility index (Phi) is 5.32. The highest BCUT2D eigenvalue weighted by Crippen LogP contribution is 2.39. The smallest absolute Gasteiger partial charge is 0.312 e. The molecule has 0 saturated carbocycles. The monoisotopic (exact) mass is 408 g/mol. The zero-order valence-corrected chi connectivity index (χ0v) is 16.4. The van der Waals surface area contributed by atoms with Crippen molar-refractivity contribution in [3.8, 4) is 17.2 Å². The zero-order chi connectivity index (χ0) is 20.5. The molecule has 0 spiro atoms. The molecule has 0 saturated heterocycles. The van der Waals surface area contributed by atoms with Crippen LogP contribution in [0.25, 0.3) is 0 Å². The van der Waals surface area contributed by atoms with Gasteiger partial charge in [-0.2, -0.15) is 0 Å². The van der Waals surface area contributed by atoms with Crippen LogP contribution in [-0.2, 0) is 16.4 Å². The third-order valence-corrected chi connectivity index (χ3v) is 5.56. The minimum atomic E-state index is -4.11. The highest BCUT2D eigenvalue weighted by atomic mass is 32.2. The molecule has 0 bridgehead atoms. The third-order valence-electron chi connectivity index (χ3n) is 4.20. The first kappa shape index (κ1) is 19.7. The van der Waals surface area contributed by atoms with Crippen molar-refractivity contribution in [1.29, 1.82) is 0 Å². The Morgan fingerprint density at radius 3 is 2.68 bits per heavy atom. The summed E-state index contributed by atoms with van der Waals surface area (Å²) in [6.45, 7) is 4.05. The van der Waals surface area contributed by atoms with Gasteiger partial charge < -0.3 is 14.2 Å². The molecule has 1 N–H and O–H groups in total. The molecule has 1 heterocycles. The fraction of sp³-hybridized carbons (Fsp3) is 0.333. The molecular formula is C18H20N2O7S. The van der Waals surface area contributed by atoms with Gasteiger partial charge in [-0.15, -0.1) is 0 Å². The highest BCUT2D eigenvalue weighted by Gasteiger charge is 2.26. The van der Waals surface area contributed by atoms with Crippen LogP contribution in [0, 0.1) is 10.1 Å². The van der Waals surface area contributed by atoms with Gasteiger partial charge in [0.25, 0.3) is 10.0 Å². The second kappa shape index (κ2) is 7.55. The van der Waals surface area contributed by atoms with Crippen molar-refractivity contribution in [3.05, 3.63) is 46.0 Å². The predicted molar refractivity (Wildman–Crippen MR) is 102 cm³/mol. The van der Waals surface area contributed by atoms with Gasteiger partial charge in [0, 0.05) is 24.1 Å². The summed E-state index contributed by atoms with van der Waals surface area (Å²) in [7, 11) is -2.84. The summed E-state index contributed by atoms with van der Waals surface area (Å²) in [5.74, 6) is 0.916. The standard InChI is InChI=1S/C18H20N2O7S/c1-4-26-18-8-12-7-11(2)27-17(12)10-14(18)19-28(23,24)13-5-6-16(25-3)15(9-13)20(21)22/h5-6,8-11,19H,4,7H2,1-3H3/t11-/m0/s1. The fourth-order valence-corrected chi connectivity index (χ4v) is 4.06. The molecule has 1 aliphatic heterocycles. The second-order valence-corrected chi connectivity index (χ2v) is 7.90. The van der Waals surface area contributed by atoms with Gasteiger partial charge in [0.1, 0.15) is 17.6 Å². The van der Waals surface area contributed by atoms with Crippen molar-refractivity contribution in [2.24, 2.45) is 0 Å². The topological polar surface area (TPSA) is 117 Å². The molecule has 0 fully saturated rings. The molecule has 10 heteroatoms. The van der Waals surface area contributed by atoms with Crippen LogP contribution in [0.15, 0.2) is 35.2 Å². The number of fused-ring (bicyclic) bond motifs is 1. The number of anilines is 1. The molecule has 1 atom stereocenters. The maximum atomic E-state index is 12.8. The summed E-state index contributed by atoms with van der Waals surface area (Å²) in [5.41, 5.74) is 0.689. The largest absolute Gasteiger partial charge is 0.492 e. The lowest BCUT2D eigenvalue weighted by atomic mass is 10.1. The third kappa shape index (κ3) is 3.81. The summed E-state index contributed by atoms with van der Waals surface area (Å²) in [4.78, 5) is 10.2. The van der Waals surface area contributed by atoms with Gasteiger partial charge in [0.15, 0.2) is 5.75 Å². The number of nitrogens with zero attached hydrogens (tertiary/aromatic N) is 1. The number of nitro benzene ring substituents is 1. The van der Waals surface area contributed by atoms with Crippen molar-refractivity contribution < 1.29 is 27.6 Å². The quantitative estimate of drug-likeness (QED) is 0.552. The van der Waals surface area contributed by atoms with E-state index in [1.54, 1.807) is 19.1 Å². The Morgan fingerprint density at radius 2 is 2.04 bits per heavy atom. The number of ether oxygens (including phenoxy) is 3. The lowest BCUT2D eigenvalue weighted by molar-refractivity contribution is -0.386. The van der Waals surface area contributed by atoms with E-state index in [-0.39, 0.29) is 22.4 Å². The molecule has 28 heavy (non-hydrogen) atoms. The van der Waals surface area contributed by atoms with Crippen LogP contribution >= 0.6 is 0 Å². The minimum absolute atomic E-state index is 0.0134. The number of rotatable bonds is 7. The van der Waals surface area contributed by atoms with Crippen LogP contribution in [-0.4, -0.2) is 33.2 Å². The summed E-state index contributed by atoms with van der Waals surface area (Å²) < 4.78 is 44.3. The Morgan fingerprint density at radius 1 is 1.29 bits per heavy atom. The van der Waals surface area contributed by atoms with E-state index in [4.69, 9.17) is 14.2 Å². The Hall–Kier alpha value is -3.01. The number of nitro groups is 1. The molecule has 0 amide bonds. The van der Waals surface area contributed by atoms with Crippen LogP contribution in [0.1, 0.15) is 19.4 Å². The normalized spacial score (nSPS) is 15.5. The SMILES string of the molecule is CCOc1cc2c(cc1NS(=O)(=O)c1ccc(OC)c([N+](=O)[O-])c1)O[C@@H](C)C2. The summed E-state index contributed by atoms with van der Waals surface area (Å²) in [5, 5.41) is 11.2. The van der Waals surface area contributed by atoms with Gasteiger partial charge in [-0.05, 0) is 32.0 Å². The summed E-state index contributed by atoms with van der Waals surface area (Å²) in [6.07, 6.45) is 0.688. The second-order valence-electron chi connectivity index (χ2n) is 6.22. The molecule has 0 radical (unpaired) electrons. The number of sulfonamides is 1. The van der Waals surface area contributed by atoms with Gasteiger partial charge in [0.2, 0.25) is 0 Å². The molecule has 1 aliphatic rings. The van der Waals surface area contributed by atoms with Gasteiger partial charge in [-0.25, -0.2) is 8.42 Å². The first-order valence-electron chi connectivity index (χ1n) is 8.56. The zero-order valence-electron chi connectivity index (χ0n) is 15.6. The molecule has 2 aromatic carbocycles. The van der Waals surface area contributed by atoms with Gasteiger partial charge >= 0.3 is 5.69 Å². The first-order chi connectivity index (χ1) is 13.2. The van der Waals surface area contributed by atoms with E-state index < -0.39 is 20.6 Å². The van der Waals surface area contributed by atoms with Crippen molar-refractivity contribution in [3.63, 3.8) is 0 Å². The predicted octanol–water partition coefficient (Wildman–Crippen LogP) is 3.13. The van der Waals surface area contributed by atoms with Gasteiger partial charge in [0.05, 0.1) is 29.2 Å². The number of hydrogen-bond donors (Lipinski definition) is 1. The van der Waals surface area contributed by atoms with Crippen molar-refractivity contribution in [2.75, 3.05) is 18.4 Å². The molecular weight excluding hydrogens is 388 g/mol. The van der Waals surface area contributed by atoms with Crippen LogP contribution < -0.4 is 18.9 Å². The number of methoxy groups -OCH3 is 1. The lowest BCUT2D eigenvalue weighted by Crippen LogP contribution is -2.14. The lowest BCUT2D eigenvalue weighted by Gasteiger charge is -2.15. The van der Waals surface area contributed by atoms with Crippen LogP contribution in [0.3, 0.4) is 0 Å². The molecule has 9 nitrogen and oxygen atoms in total. The number of benzene rings is 2. The average molecular weight is 408 g/mol. The number of hydrogen-bond acceptors (Lipinski definition) is 7. The van der Waals surface area contributed by atoms with Crippen LogP contribution in [0.2, 0.25) is 0 Å². The fourth-order valence-electron chi connectivity index (χ4n) is 2.98. The van der Waals surface area contributed by atoms with Crippen LogP contribution in [0.4, 0.5) is 11.4 Å². The minimum Gasteiger partial charge on any atom is -0.492 e. The molecule has 2 aromatic rings.